The highest BCUT2D eigenvalue weighted by Crippen LogP contribution is 2.22. The van der Waals surface area contributed by atoms with Gasteiger partial charge in [-0.05, 0) is 37.1 Å². The molecular formula is C25H24N2O4S. The predicted molar refractivity (Wildman–Crippen MR) is 124 cm³/mol. The van der Waals surface area contributed by atoms with Crippen molar-refractivity contribution >= 4 is 27.3 Å². The minimum absolute atomic E-state index is 0.0177. The van der Waals surface area contributed by atoms with Crippen LogP contribution in [0.25, 0.3) is 0 Å². The molecule has 0 saturated carbocycles. The van der Waals surface area contributed by atoms with Crippen LogP contribution in [0.1, 0.15) is 39.1 Å². The van der Waals surface area contributed by atoms with E-state index in [1.807, 2.05) is 18.2 Å². The van der Waals surface area contributed by atoms with Gasteiger partial charge in [0.1, 0.15) is 0 Å². The number of nitrogens with zero attached hydrogens (tertiary/aromatic N) is 1. The van der Waals surface area contributed by atoms with Crippen LogP contribution in [0, 0.1) is 0 Å². The molecule has 0 aromatic heterocycles. The van der Waals surface area contributed by atoms with Gasteiger partial charge in [-0.15, -0.1) is 0 Å². The van der Waals surface area contributed by atoms with E-state index >= 15 is 0 Å². The Balaban J connectivity index is 1.45. The van der Waals surface area contributed by atoms with Crippen molar-refractivity contribution in [3.63, 3.8) is 0 Å². The first-order valence-corrected chi connectivity index (χ1v) is 12.0. The number of carbonyl (C=O) groups is 2. The summed E-state index contributed by atoms with van der Waals surface area (Å²) < 4.78 is 27.0. The molecule has 164 valence electrons. The van der Waals surface area contributed by atoms with Gasteiger partial charge < -0.3 is 5.32 Å². The third-order valence-electron chi connectivity index (χ3n) is 5.47. The number of hydrogen-bond donors (Lipinski definition) is 1. The second kappa shape index (κ2) is 9.46. The Labute approximate surface area is 187 Å². The number of rotatable bonds is 8. The van der Waals surface area contributed by atoms with Crippen molar-refractivity contribution in [2.24, 2.45) is 0 Å². The average molecular weight is 449 g/mol. The maximum Gasteiger partial charge on any atom is 0.243 e. The van der Waals surface area contributed by atoms with Gasteiger partial charge in [-0.2, -0.15) is 4.31 Å². The number of benzene rings is 3. The van der Waals surface area contributed by atoms with E-state index in [-0.39, 0.29) is 23.0 Å². The standard InChI is InChI=1S/C25H24N2O4S/c28-24(20-10-7-13-23(17-20)32(30,31)27-14-4-5-15-27)18-26-22-12-6-11-21(16-22)25(29)19-8-2-1-3-9-19/h1-3,6-13,16-17,26H,4-5,14-15,18H2. The molecule has 0 aliphatic carbocycles. The molecule has 7 heteroatoms. The number of ketones is 2. The van der Waals surface area contributed by atoms with Gasteiger partial charge in [0.25, 0.3) is 0 Å². The van der Waals surface area contributed by atoms with Crippen LogP contribution in [-0.4, -0.2) is 43.9 Å². The van der Waals surface area contributed by atoms with E-state index in [1.54, 1.807) is 48.5 Å². The van der Waals surface area contributed by atoms with E-state index in [9.17, 15) is 18.0 Å². The number of Topliss-reactive ketones (excluding diaryl/α,β-unsaturated/α-hetero) is 1. The maximum atomic E-state index is 12.8. The molecule has 1 saturated heterocycles. The lowest BCUT2D eigenvalue weighted by Gasteiger charge is -2.16. The molecule has 3 aromatic rings. The molecule has 0 radical (unpaired) electrons. The zero-order chi connectivity index (χ0) is 22.6. The first-order chi connectivity index (χ1) is 15.4. The van der Waals surface area contributed by atoms with Crippen LogP contribution in [0.3, 0.4) is 0 Å². The van der Waals surface area contributed by atoms with Gasteiger partial charge in [-0.1, -0.05) is 54.6 Å². The zero-order valence-electron chi connectivity index (χ0n) is 17.5. The molecule has 1 heterocycles. The lowest BCUT2D eigenvalue weighted by atomic mass is 10.0. The van der Waals surface area contributed by atoms with Crippen LogP contribution < -0.4 is 5.32 Å². The molecule has 3 aromatic carbocycles. The Kier molecular flexibility index (Phi) is 6.48. The predicted octanol–water partition coefficient (Wildman–Crippen LogP) is 4.00. The molecule has 1 aliphatic rings. The van der Waals surface area contributed by atoms with Crippen molar-refractivity contribution in [2.75, 3.05) is 25.0 Å². The zero-order valence-corrected chi connectivity index (χ0v) is 18.3. The largest absolute Gasteiger partial charge is 0.378 e. The molecule has 32 heavy (non-hydrogen) atoms. The summed E-state index contributed by atoms with van der Waals surface area (Å²) >= 11 is 0. The summed E-state index contributed by atoms with van der Waals surface area (Å²) in [6.07, 6.45) is 1.71. The van der Waals surface area contributed by atoms with E-state index in [0.29, 0.717) is 35.5 Å². The SMILES string of the molecule is O=C(CNc1cccc(C(=O)c2ccccc2)c1)c1cccc(S(=O)(=O)N2CCCC2)c1. The molecule has 0 amide bonds. The lowest BCUT2D eigenvalue weighted by Crippen LogP contribution is -2.28. The van der Waals surface area contributed by atoms with Crippen LogP contribution in [0.4, 0.5) is 5.69 Å². The Morgan fingerprint density at radius 1 is 0.781 bits per heavy atom. The summed E-state index contributed by atoms with van der Waals surface area (Å²) in [5.74, 6) is -0.330. The molecule has 0 unspecified atom stereocenters. The summed E-state index contributed by atoms with van der Waals surface area (Å²) in [4.78, 5) is 25.5. The van der Waals surface area contributed by atoms with Gasteiger partial charge in [-0.25, -0.2) is 8.42 Å². The van der Waals surface area contributed by atoms with Crippen molar-refractivity contribution in [2.45, 2.75) is 17.7 Å². The third-order valence-corrected chi connectivity index (χ3v) is 7.37. The van der Waals surface area contributed by atoms with Crippen LogP contribution in [0.2, 0.25) is 0 Å². The van der Waals surface area contributed by atoms with Crippen molar-refractivity contribution in [3.8, 4) is 0 Å². The molecule has 1 fully saturated rings. The number of sulfonamides is 1. The van der Waals surface area contributed by atoms with E-state index in [1.165, 1.54) is 16.4 Å². The highest BCUT2D eigenvalue weighted by molar-refractivity contribution is 7.89. The summed E-state index contributed by atoms with van der Waals surface area (Å²) in [5, 5.41) is 3.04. The van der Waals surface area contributed by atoms with Gasteiger partial charge in [0, 0.05) is 35.5 Å². The fraction of sp³-hybridized carbons (Fsp3) is 0.200. The van der Waals surface area contributed by atoms with Crippen LogP contribution in [-0.2, 0) is 10.0 Å². The summed E-state index contributed by atoms with van der Waals surface area (Å²) in [6.45, 7) is 1.01. The molecule has 0 spiro atoms. The van der Waals surface area contributed by atoms with Gasteiger partial charge in [0.15, 0.2) is 11.6 Å². The van der Waals surface area contributed by atoms with Gasteiger partial charge in [0.2, 0.25) is 10.0 Å². The van der Waals surface area contributed by atoms with Crippen molar-refractivity contribution in [1.82, 2.24) is 4.31 Å². The van der Waals surface area contributed by atoms with Crippen LogP contribution >= 0.6 is 0 Å². The van der Waals surface area contributed by atoms with Crippen LogP contribution in [0.5, 0.6) is 0 Å². The molecule has 0 bridgehead atoms. The van der Waals surface area contributed by atoms with Gasteiger partial charge in [0.05, 0.1) is 11.4 Å². The molecule has 4 rings (SSSR count). The second-order valence-electron chi connectivity index (χ2n) is 7.69. The fourth-order valence-corrected chi connectivity index (χ4v) is 5.28. The van der Waals surface area contributed by atoms with Gasteiger partial charge >= 0.3 is 0 Å². The minimum Gasteiger partial charge on any atom is -0.378 e. The lowest BCUT2D eigenvalue weighted by molar-refractivity contribution is 0.100. The fourth-order valence-electron chi connectivity index (χ4n) is 3.72. The number of carbonyl (C=O) groups excluding carboxylic acids is 2. The minimum atomic E-state index is -3.58. The Morgan fingerprint density at radius 3 is 2.19 bits per heavy atom. The number of nitrogens with one attached hydrogen (secondary N) is 1. The smallest absolute Gasteiger partial charge is 0.243 e. The van der Waals surface area contributed by atoms with Crippen molar-refractivity contribution < 1.29 is 18.0 Å². The first-order valence-electron chi connectivity index (χ1n) is 10.5. The highest BCUT2D eigenvalue weighted by Gasteiger charge is 2.27. The van der Waals surface area contributed by atoms with E-state index < -0.39 is 10.0 Å². The van der Waals surface area contributed by atoms with E-state index in [2.05, 4.69) is 5.32 Å². The number of anilines is 1. The Morgan fingerprint density at radius 2 is 1.44 bits per heavy atom. The average Bonchev–Trinajstić information content (AvgIpc) is 3.39. The third kappa shape index (κ3) is 4.79. The molecule has 1 N–H and O–H groups in total. The maximum absolute atomic E-state index is 12.8. The number of hydrogen-bond acceptors (Lipinski definition) is 5. The molecule has 6 nitrogen and oxygen atoms in total. The highest BCUT2D eigenvalue weighted by atomic mass is 32.2. The Bertz CT molecular complexity index is 1230. The molecule has 1 aliphatic heterocycles. The Hall–Kier alpha value is -3.29. The van der Waals surface area contributed by atoms with Crippen LogP contribution in [0.15, 0.2) is 83.8 Å². The monoisotopic (exact) mass is 448 g/mol. The second-order valence-corrected chi connectivity index (χ2v) is 9.63. The summed E-state index contributed by atoms with van der Waals surface area (Å²) in [6, 6.07) is 22.1. The summed E-state index contributed by atoms with van der Waals surface area (Å²) in [5.41, 5.74) is 2.08. The summed E-state index contributed by atoms with van der Waals surface area (Å²) in [7, 11) is -3.58. The van der Waals surface area contributed by atoms with Gasteiger partial charge in [-0.3, -0.25) is 9.59 Å². The van der Waals surface area contributed by atoms with E-state index in [4.69, 9.17) is 0 Å². The topological polar surface area (TPSA) is 83.5 Å². The van der Waals surface area contributed by atoms with E-state index in [0.717, 1.165) is 12.8 Å². The first kappa shape index (κ1) is 21.9. The molecular weight excluding hydrogens is 424 g/mol. The van der Waals surface area contributed by atoms with Crippen molar-refractivity contribution in [3.05, 3.63) is 95.6 Å². The molecule has 0 atom stereocenters. The van der Waals surface area contributed by atoms with Crippen molar-refractivity contribution in [1.29, 1.82) is 0 Å². The normalized spacial score (nSPS) is 14.2. The quantitative estimate of drug-likeness (QED) is 0.527.